The molecule has 8 heteroatoms. The van der Waals surface area contributed by atoms with Crippen molar-refractivity contribution >= 4 is 44.1 Å². The fourth-order valence-electron chi connectivity index (χ4n) is 2.86. The van der Waals surface area contributed by atoms with E-state index in [1.807, 2.05) is 62.5 Å². The summed E-state index contributed by atoms with van der Waals surface area (Å²) in [5, 5.41) is 22.0. The van der Waals surface area contributed by atoms with Gasteiger partial charge in [-0.3, -0.25) is 9.97 Å². The first-order valence-corrected chi connectivity index (χ1v) is 9.33. The van der Waals surface area contributed by atoms with Crippen LogP contribution < -0.4 is 53.5 Å². The molecule has 0 radical (unpaired) electrons. The molecule has 2 heterocycles. The molecule has 30 heavy (non-hydrogen) atoms. The second-order valence-electron chi connectivity index (χ2n) is 5.95. The molecule has 0 fully saturated rings. The van der Waals surface area contributed by atoms with Gasteiger partial charge in [-0.1, -0.05) is 36.4 Å². The number of aromatic nitrogens is 2. The standard InChI is InChI=1S/C11H7IN2.C11H8N2.HI.Na.H2O/c1-7-9(5-13)11-8(6-14-7)3-2-4-10(11)12;1-8-11(6-12)10-5-3-2-4-9(10)7-13-8;;;/h2-4,6H,1H3;2-5,7H,1H3;1H;;1H2/q;;;+1;/p-1/i12-4;;1-4;;. The van der Waals surface area contributed by atoms with E-state index in [-0.39, 0.29) is 59.0 Å². The van der Waals surface area contributed by atoms with Crippen LogP contribution in [0.4, 0.5) is 0 Å². The van der Waals surface area contributed by atoms with Gasteiger partial charge in [0.1, 0.15) is 12.1 Å². The zero-order chi connectivity index (χ0) is 19.4. The van der Waals surface area contributed by atoms with Crippen LogP contribution >= 0.6 is 22.6 Å². The van der Waals surface area contributed by atoms with Crippen molar-refractivity contribution in [2.45, 2.75) is 13.8 Å². The summed E-state index contributed by atoms with van der Waals surface area (Å²) in [7, 11) is 0. The average molecular weight is 622 g/mol. The van der Waals surface area contributed by atoms with Gasteiger partial charge in [0.15, 0.2) is 0 Å². The summed E-state index contributed by atoms with van der Waals surface area (Å²) < 4.78 is 1.10. The molecule has 0 unspecified atom stereocenters. The summed E-state index contributed by atoms with van der Waals surface area (Å²) in [5.41, 5.74) is 2.95. The SMILES string of the molecule is Cc1ncc2cccc([123I])c2c1C#N.Cc1ncc2ccccc2c1C#N.O.[123I-].[Na+]. The monoisotopic (exact) mass is 622 g/mol. The summed E-state index contributed by atoms with van der Waals surface area (Å²) in [4.78, 5) is 8.35. The molecule has 0 spiro atoms. The molecule has 0 atom stereocenters. The molecule has 0 saturated heterocycles. The van der Waals surface area contributed by atoms with E-state index in [1.165, 1.54) is 0 Å². The summed E-state index contributed by atoms with van der Waals surface area (Å²) in [6.45, 7) is 3.71. The number of rotatable bonds is 0. The van der Waals surface area contributed by atoms with E-state index in [2.05, 4.69) is 44.7 Å². The van der Waals surface area contributed by atoms with Crippen molar-refractivity contribution in [2.24, 2.45) is 0 Å². The molecular formula is C22H17I2N4NaO. The van der Waals surface area contributed by atoms with E-state index in [0.29, 0.717) is 11.1 Å². The number of pyridine rings is 2. The maximum absolute atomic E-state index is 9.05. The molecule has 0 saturated carbocycles. The van der Waals surface area contributed by atoms with Crippen LogP contribution in [0.25, 0.3) is 21.5 Å². The molecule has 2 aromatic carbocycles. The third-order valence-corrected chi connectivity index (χ3v) is 5.17. The zero-order valence-corrected chi connectivity index (χ0v) is 23.1. The molecule has 0 aliphatic heterocycles. The van der Waals surface area contributed by atoms with Gasteiger partial charge < -0.3 is 29.5 Å². The summed E-state index contributed by atoms with van der Waals surface area (Å²) in [6, 6.07) is 18.1. The smallest absolute Gasteiger partial charge is 1.00 e. The van der Waals surface area contributed by atoms with E-state index in [1.54, 1.807) is 6.20 Å². The summed E-state index contributed by atoms with van der Waals surface area (Å²) in [6.07, 6.45) is 3.61. The van der Waals surface area contributed by atoms with E-state index in [0.717, 1.165) is 36.5 Å². The quantitative estimate of drug-likeness (QED) is 0.178. The fourth-order valence-corrected chi connectivity index (χ4v) is 3.65. The van der Waals surface area contributed by atoms with Crippen LogP contribution in [-0.2, 0) is 0 Å². The molecule has 0 bridgehead atoms. The Kier molecular flexibility index (Phi) is 12.6. The first kappa shape index (κ1) is 28.7. The number of hydrogen-bond donors (Lipinski definition) is 0. The molecule has 2 aromatic heterocycles. The fraction of sp³-hybridized carbons (Fsp3) is 0.0909. The van der Waals surface area contributed by atoms with Gasteiger partial charge in [-0.2, -0.15) is 10.5 Å². The van der Waals surface area contributed by atoms with Gasteiger partial charge in [0.25, 0.3) is 0 Å². The third kappa shape index (κ3) is 6.10. The number of aryl methyl sites for hydroxylation is 2. The Morgan fingerprint density at radius 3 is 1.97 bits per heavy atom. The number of hydrogen-bond acceptors (Lipinski definition) is 4. The van der Waals surface area contributed by atoms with Crippen molar-refractivity contribution < 1.29 is 59.0 Å². The maximum Gasteiger partial charge on any atom is 1.00 e. The predicted octanol–water partition coefficient (Wildman–Crippen LogP) is -1.38. The van der Waals surface area contributed by atoms with Crippen molar-refractivity contribution in [3.05, 3.63) is 80.9 Å². The molecule has 4 aromatic rings. The summed E-state index contributed by atoms with van der Waals surface area (Å²) in [5.74, 6) is 0. The number of nitriles is 2. The Bertz CT molecular complexity index is 1250. The molecule has 4 rings (SSSR count). The van der Waals surface area contributed by atoms with Crippen molar-refractivity contribution in [3.8, 4) is 12.1 Å². The number of fused-ring (bicyclic) bond motifs is 2. The van der Waals surface area contributed by atoms with Gasteiger partial charge in [-0.15, -0.1) is 0 Å². The van der Waals surface area contributed by atoms with Crippen molar-refractivity contribution in [2.75, 3.05) is 0 Å². The van der Waals surface area contributed by atoms with Gasteiger partial charge in [0.2, 0.25) is 0 Å². The van der Waals surface area contributed by atoms with Crippen molar-refractivity contribution in [1.29, 1.82) is 10.5 Å². The topological polar surface area (TPSA) is 105 Å². The maximum atomic E-state index is 9.05. The second kappa shape index (κ2) is 13.2. The Morgan fingerprint density at radius 1 is 0.800 bits per heavy atom. The van der Waals surface area contributed by atoms with Crippen LogP contribution in [0.3, 0.4) is 0 Å². The number of benzene rings is 2. The predicted molar refractivity (Wildman–Crippen MR) is 119 cm³/mol. The molecule has 0 amide bonds. The van der Waals surface area contributed by atoms with E-state index < -0.39 is 0 Å². The van der Waals surface area contributed by atoms with Gasteiger partial charge in [0.05, 0.1) is 22.5 Å². The molecule has 5 nitrogen and oxygen atoms in total. The molecule has 0 aliphatic rings. The van der Waals surface area contributed by atoms with Crippen LogP contribution in [0.1, 0.15) is 22.5 Å². The van der Waals surface area contributed by atoms with Crippen LogP contribution in [0.5, 0.6) is 0 Å². The first-order chi connectivity index (χ1) is 13.1. The Balaban J connectivity index is 0.000000511. The first-order valence-electron chi connectivity index (χ1n) is 8.25. The second-order valence-corrected chi connectivity index (χ2v) is 7.11. The van der Waals surface area contributed by atoms with Crippen molar-refractivity contribution in [3.63, 3.8) is 0 Å². The number of halogens is 2. The minimum absolute atomic E-state index is 0. The Hall–Kier alpha value is -1.34. The van der Waals surface area contributed by atoms with E-state index >= 15 is 0 Å². The van der Waals surface area contributed by atoms with E-state index in [9.17, 15) is 0 Å². The molecule has 146 valence electrons. The zero-order valence-electron chi connectivity index (χ0n) is 16.7. The van der Waals surface area contributed by atoms with E-state index in [4.69, 9.17) is 10.5 Å². The minimum atomic E-state index is 0. The largest absolute Gasteiger partial charge is 1.00 e. The number of nitrogens with zero attached hydrogens (tertiary/aromatic N) is 4. The van der Waals surface area contributed by atoms with Gasteiger partial charge in [-0.05, 0) is 42.5 Å². The van der Waals surface area contributed by atoms with Crippen LogP contribution in [0, 0.1) is 40.1 Å². The van der Waals surface area contributed by atoms with Gasteiger partial charge in [-0.25, -0.2) is 0 Å². The van der Waals surface area contributed by atoms with Crippen LogP contribution in [0.2, 0.25) is 0 Å². The normalized spacial score (nSPS) is 8.97. The molecular weight excluding hydrogens is 605 g/mol. The van der Waals surface area contributed by atoms with Crippen molar-refractivity contribution in [1.82, 2.24) is 9.97 Å². The molecule has 2 N–H and O–H groups in total. The average Bonchev–Trinajstić information content (AvgIpc) is 2.69. The van der Waals surface area contributed by atoms with Gasteiger partial charge >= 0.3 is 29.6 Å². The van der Waals surface area contributed by atoms with Gasteiger partial charge in [0, 0.05) is 37.5 Å². The Labute approximate surface area is 228 Å². The summed E-state index contributed by atoms with van der Waals surface area (Å²) >= 11 is 2.24. The Morgan fingerprint density at radius 2 is 1.33 bits per heavy atom. The molecule has 0 aliphatic carbocycles. The minimum Gasteiger partial charge on any atom is -1.00 e. The van der Waals surface area contributed by atoms with Crippen LogP contribution in [-0.4, -0.2) is 15.4 Å². The van der Waals surface area contributed by atoms with Crippen LogP contribution in [0.15, 0.2) is 54.9 Å². The third-order valence-electron chi connectivity index (χ3n) is 4.27.